The fraction of sp³-hybridized carbons (Fsp3) is 0.250. The third-order valence-electron chi connectivity index (χ3n) is 2.55. The molecule has 0 heterocycles. The second-order valence-corrected chi connectivity index (χ2v) is 4.23. The Morgan fingerprint density at radius 1 is 0.778 bits per heavy atom. The molecule has 94 valence electrons. The van der Waals surface area contributed by atoms with Crippen molar-refractivity contribution in [1.82, 2.24) is 0 Å². The molecule has 0 aliphatic rings. The monoisotopic (exact) mass is 242 g/mol. The third-order valence-corrected chi connectivity index (χ3v) is 2.55. The van der Waals surface area contributed by atoms with E-state index < -0.39 is 0 Å². The summed E-state index contributed by atoms with van der Waals surface area (Å²) in [6, 6.07) is 15.7. The Kier molecular flexibility index (Phi) is 4.24. The first-order valence-electron chi connectivity index (χ1n) is 6.25. The molecule has 0 bridgehead atoms. The van der Waals surface area contributed by atoms with Gasteiger partial charge in [0, 0.05) is 0 Å². The second kappa shape index (κ2) is 6.10. The van der Waals surface area contributed by atoms with E-state index in [1.54, 1.807) is 0 Å². The lowest BCUT2D eigenvalue weighted by molar-refractivity contribution is 0.317. The Morgan fingerprint density at radius 3 is 1.83 bits per heavy atom. The van der Waals surface area contributed by atoms with E-state index in [-0.39, 0.29) is 0 Å². The van der Waals surface area contributed by atoms with Crippen LogP contribution in [-0.4, -0.2) is 6.61 Å². The fourth-order valence-electron chi connectivity index (χ4n) is 1.57. The van der Waals surface area contributed by atoms with E-state index in [2.05, 4.69) is 13.8 Å². The highest BCUT2D eigenvalue weighted by Gasteiger charge is 1.98. The number of hydrogen-bond acceptors (Lipinski definition) is 2. The number of rotatable bonds is 5. The lowest BCUT2D eigenvalue weighted by Crippen LogP contribution is -1.94. The molecule has 0 unspecified atom stereocenters. The van der Waals surface area contributed by atoms with Crippen molar-refractivity contribution >= 4 is 0 Å². The van der Waals surface area contributed by atoms with Gasteiger partial charge in [0.15, 0.2) is 0 Å². The standard InChI is InChI=1S/C16H18O2/c1-3-12-17-14-8-10-16(11-9-14)18-15-6-4-13(2)5-7-15/h4-11H,3,12H2,1-2H3. The molecule has 0 radical (unpaired) electrons. The van der Waals surface area contributed by atoms with Crippen LogP contribution in [0.5, 0.6) is 17.2 Å². The summed E-state index contributed by atoms with van der Waals surface area (Å²) in [6.45, 7) is 4.90. The fourth-order valence-corrected chi connectivity index (χ4v) is 1.57. The van der Waals surface area contributed by atoms with Gasteiger partial charge in [0.1, 0.15) is 17.2 Å². The maximum atomic E-state index is 5.74. The van der Waals surface area contributed by atoms with Gasteiger partial charge in [-0.3, -0.25) is 0 Å². The van der Waals surface area contributed by atoms with Crippen LogP contribution in [0.3, 0.4) is 0 Å². The SMILES string of the molecule is CCCOc1ccc(Oc2ccc(C)cc2)cc1. The van der Waals surface area contributed by atoms with E-state index in [1.807, 2.05) is 48.5 Å². The average Bonchev–Trinajstić information content (AvgIpc) is 2.41. The topological polar surface area (TPSA) is 18.5 Å². The predicted octanol–water partition coefficient (Wildman–Crippen LogP) is 4.58. The van der Waals surface area contributed by atoms with Gasteiger partial charge < -0.3 is 9.47 Å². The summed E-state index contributed by atoms with van der Waals surface area (Å²) in [7, 11) is 0. The van der Waals surface area contributed by atoms with Crippen LogP contribution in [0.25, 0.3) is 0 Å². The summed E-state index contributed by atoms with van der Waals surface area (Å²) in [5, 5.41) is 0. The molecular formula is C16H18O2. The van der Waals surface area contributed by atoms with Crippen molar-refractivity contribution in [2.45, 2.75) is 20.3 Å². The number of ether oxygens (including phenoxy) is 2. The van der Waals surface area contributed by atoms with Gasteiger partial charge in [-0.2, -0.15) is 0 Å². The minimum absolute atomic E-state index is 0.748. The molecule has 2 aromatic carbocycles. The van der Waals surface area contributed by atoms with E-state index in [1.165, 1.54) is 5.56 Å². The van der Waals surface area contributed by atoms with Crippen molar-refractivity contribution in [3.8, 4) is 17.2 Å². The van der Waals surface area contributed by atoms with Crippen LogP contribution < -0.4 is 9.47 Å². The van der Waals surface area contributed by atoms with Crippen molar-refractivity contribution in [2.24, 2.45) is 0 Å². The van der Waals surface area contributed by atoms with E-state index >= 15 is 0 Å². The minimum atomic E-state index is 0.748. The van der Waals surface area contributed by atoms with Crippen molar-refractivity contribution in [3.05, 3.63) is 54.1 Å². The normalized spacial score (nSPS) is 10.1. The third kappa shape index (κ3) is 3.52. The molecule has 0 saturated heterocycles. The van der Waals surface area contributed by atoms with Gasteiger partial charge in [-0.1, -0.05) is 24.6 Å². The molecule has 2 aromatic rings. The zero-order valence-corrected chi connectivity index (χ0v) is 10.8. The first-order valence-corrected chi connectivity index (χ1v) is 6.25. The molecule has 2 heteroatoms. The van der Waals surface area contributed by atoms with Gasteiger partial charge in [-0.25, -0.2) is 0 Å². The van der Waals surface area contributed by atoms with E-state index in [4.69, 9.17) is 9.47 Å². The summed E-state index contributed by atoms with van der Waals surface area (Å²) < 4.78 is 11.3. The van der Waals surface area contributed by atoms with Crippen molar-refractivity contribution in [3.63, 3.8) is 0 Å². The molecule has 0 aliphatic heterocycles. The summed E-state index contributed by atoms with van der Waals surface area (Å²) in [5.74, 6) is 2.55. The molecule has 0 spiro atoms. The number of aryl methyl sites for hydroxylation is 1. The highest BCUT2D eigenvalue weighted by molar-refractivity contribution is 5.36. The summed E-state index contributed by atoms with van der Waals surface area (Å²) in [6.07, 6.45) is 1.02. The van der Waals surface area contributed by atoms with Crippen LogP contribution in [0.4, 0.5) is 0 Å². The van der Waals surface area contributed by atoms with Gasteiger partial charge in [0.05, 0.1) is 6.61 Å². The predicted molar refractivity (Wildman–Crippen MR) is 73.5 cm³/mol. The van der Waals surface area contributed by atoms with Crippen molar-refractivity contribution in [2.75, 3.05) is 6.61 Å². The highest BCUT2D eigenvalue weighted by Crippen LogP contribution is 2.24. The molecule has 0 N–H and O–H groups in total. The van der Waals surface area contributed by atoms with Gasteiger partial charge in [-0.15, -0.1) is 0 Å². The van der Waals surface area contributed by atoms with Crippen LogP contribution in [0, 0.1) is 6.92 Å². The van der Waals surface area contributed by atoms with Crippen LogP contribution >= 0.6 is 0 Å². The molecule has 0 amide bonds. The Bertz CT molecular complexity index is 471. The molecular weight excluding hydrogens is 224 g/mol. The van der Waals surface area contributed by atoms with Gasteiger partial charge in [-0.05, 0) is 49.7 Å². The van der Waals surface area contributed by atoms with Crippen molar-refractivity contribution in [1.29, 1.82) is 0 Å². The molecule has 0 atom stereocenters. The van der Waals surface area contributed by atoms with Crippen LogP contribution in [0.15, 0.2) is 48.5 Å². The van der Waals surface area contributed by atoms with E-state index in [0.717, 1.165) is 30.3 Å². The van der Waals surface area contributed by atoms with Crippen LogP contribution in [-0.2, 0) is 0 Å². The van der Waals surface area contributed by atoms with Gasteiger partial charge >= 0.3 is 0 Å². The first kappa shape index (κ1) is 12.5. The van der Waals surface area contributed by atoms with Gasteiger partial charge in [0.2, 0.25) is 0 Å². The highest BCUT2D eigenvalue weighted by atomic mass is 16.5. The molecule has 18 heavy (non-hydrogen) atoms. The quantitative estimate of drug-likeness (QED) is 0.764. The Hall–Kier alpha value is -1.96. The second-order valence-electron chi connectivity index (χ2n) is 4.23. The molecule has 0 aliphatic carbocycles. The summed E-state index contributed by atoms with van der Waals surface area (Å²) >= 11 is 0. The molecule has 0 saturated carbocycles. The molecule has 0 fully saturated rings. The summed E-state index contributed by atoms with van der Waals surface area (Å²) in [5.41, 5.74) is 1.23. The van der Waals surface area contributed by atoms with Gasteiger partial charge in [0.25, 0.3) is 0 Å². The zero-order chi connectivity index (χ0) is 12.8. The smallest absolute Gasteiger partial charge is 0.127 e. The average molecular weight is 242 g/mol. The van der Waals surface area contributed by atoms with Crippen LogP contribution in [0.1, 0.15) is 18.9 Å². The molecule has 2 rings (SSSR count). The summed E-state index contributed by atoms with van der Waals surface area (Å²) in [4.78, 5) is 0. The maximum Gasteiger partial charge on any atom is 0.127 e. The van der Waals surface area contributed by atoms with E-state index in [0.29, 0.717) is 0 Å². The maximum absolute atomic E-state index is 5.74. The molecule has 2 nitrogen and oxygen atoms in total. The Balaban J connectivity index is 1.99. The number of benzene rings is 2. The largest absolute Gasteiger partial charge is 0.494 e. The van der Waals surface area contributed by atoms with Crippen molar-refractivity contribution < 1.29 is 9.47 Å². The van der Waals surface area contributed by atoms with Crippen LogP contribution in [0.2, 0.25) is 0 Å². The van der Waals surface area contributed by atoms with E-state index in [9.17, 15) is 0 Å². The Morgan fingerprint density at radius 2 is 1.28 bits per heavy atom. The minimum Gasteiger partial charge on any atom is -0.494 e. The lowest BCUT2D eigenvalue weighted by atomic mass is 10.2. The first-order chi connectivity index (χ1) is 8.78. The Labute approximate surface area is 108 Å². The molecule has 0 aromatic heterocycles. The zero-order valence-electron chi connectivity index (χ0n) is 10.8. The lowest BCUT2D eigenvalue weighted by Gasteiger charge is -2.08. The number of hydrogen-bond donors (Lipinski definition) is 0.